The van der Waals surface area contributed by atoms with E-state index in [1.165, 1.54) is 49.8 Å². The molecule has 2 aromatic carbocycles. The highest BCUT2D eigenvalue weighted by Gasteiger charge is 2.43. The van der Waals surface area contributed by atoms with Crippen LogP contribution in [0.4, 0.5) is 4.79 Å². The first-order valence-corrected chi connectivity index (χ1v) is 13.6. The Kier molecular flexibility index (Phi) is 5.89. The molecule has 180 valence electrons. The number of aryl methyl sites for hydroxylation is 1. The van der Waals surface area contributed by atoms with Crippen LogP contribution in [0.25, 0.3) is 0 Å². The van der Waals surface area contributed by atoms with Crippen LogP contribution in [-0.4, -0.2) is 29.1 Å². The maximum absolute atomic E-state index is 12.8. The molecule has 2 bridgehead atoms. The standard InChI is InChI=1S/C30H39N3O/c1-30(18-16-22-6-2-3-7-23(22)20-30)32-29(34)31-24-12-10-21(11-13-24)17-19-33-27-14-15-28(33)26-9-5-4-8-25(26)27/h2-9,21,24,27-28H,10-20H2,1H3,(H2,31,32,34). The number of nitrogens with zero attached hydrogens (tertiary/aromatic N) is 1. The lowest BCUT2D eigenvalue weighted by atomic mass is 9.79. The number of hydrogen-bond donors (Lipinski definition) is 2. The number of hydrogen-bond acceptors (Lipinski definition) is 2. The summed E-state index contributed by atoms with van der Waals surface area (Å²) in [6.45, 7) is 3.43. The van der Waals surface area contributed by atoms with E-state index in [9.17, 15) is 4.79 Å². The van der Waals surface area contributed by atoms with Crippen LogP contribution in [0.2, 0.25) is 0 Å². The van der Waals surface area contributed by atoms with E-state index in [4.69, 9.17) is 0 Å². The van der Waals surface area contributed by atoms with Gasteiger partial charge in [0.25, 0.3) is 0 Å². The molecule has 3 atom stereocenters. The molecule has 1 saturated heterocycles. The minimum atomic E-state index is -0.151. The highest BCUT2D eigenvalue weighted by atomic mass is 16.2. The molecule has 2 fully saturated rings. The van der Waals surface area contributed by atoms with Gasteiger partial charge in [-0.05, 0) is 106 Å². The van der Waals surface area contributed by atoms with Crippen molar-refractivity contribution in [1.82, 2.24) is 15.5 Å². The molecular weight excluding hydrogens is 418 g/mol. The second-order valence-corrected chi connectivity index (χ2v) is 11.6. The van der Waals surface area contributed by atoms with Gasteiger partial charge in [0.1, 0.15) is 0 Å². The van der Waals surface area contributed by atoms with E-state index in [0.717, 1.165) is 38.0 Å². The van der Waals surface area contributed by atoms with Crippen molar-refractivity contribution < 1.29 is 4.79 Å². The summed E-state index contributed by atoms with van der Waals surface area (Å²) in [6.07, 6.45) is 11.7. The zero-order valence-corrected chi connectivity index (χ0v) is 20.6. The molecular formula is C30H39N3O. The van der Waals surface area contributed by atoms with Crippen molar-refractivity contribution in [1.29, 1.82) is 0 Å². The van der Waals surface area contributed by atoms with Gasteiger partial charge >= 0.3 is 6.03 Å². The van der Waals surface area contributed by atoms with Gasteiger partial charge in [0.05, 0.1) is 0 Å². The van der Waals surface area contributed by atoms with Crippen molar-refractivity contribution in [3.8, 4) is 0 Å². The number of rotatable bonds is 5. The molecule has 2 N–H and O–H groups in total. The van der Waals surface area contributed by atoms with E-state index < -0.39 is 0 Å². The molecule has 0 aromatic heterocycles. The Morgan fingerprint density at radius 1 is 0.912 bits per heavy atom. The van der Waals surface area contributed by atoms with Gasteiger partial charge in [-0.2, -0.15) is 0 Å². The second kappa shape index (κ2) is 9.03. The van der Waals surface area contributed by atoms with Crippen LogP contribution >= 0.6 is 0 Å². The fourth-order valence-corrected chi connectivity index (χ4v) is 7.38. The Hall–Kier alpha value is -2.33. The number of carbonyl (C=O) groups is 1. The van der Waals surface area contributed by atoms with Gasteiger partial charge in [-0.1, -0.05) is 48.5 Å². The quantitative estimate of drug-likeness (QED) is 0.572. The van der Waals surface area contributed by atoms with E-state index in [2.05, 4.69) is 71.0 Å². The van der Waals surface area contributed by atoms with Crippen LogP contribution < -0.4 is 10.6 Å². The summed E-state index contributed by atoms with van der Waals surface area (Å²) in [4.78, 5) is 15.6. The summed E-state index contributed by atoms with van der Waals surface area (Å²) in [5.41, 5.74) is 5.85. The third-order valence-electron chi connectivity index (χ3n) is 9.27. The van der Waals surface area contributed by atoms with Gasteiger partial charge < -0.3 is 10.6 Å². The van der Waals surface area contributed by atoms with E-state index in [0.29, 0.717) is 18.1 Å². The van der Waals surface area contributed by atoms with Gasteiger partial charge in [-0.3, -0.25) is 4.90 Å². The normalized spacial score (nSPS) is 32.1. The Morgan fingerprint density at radius 3 is 2.26 bits per heavy atom. The van der Waals surface area contributed by atoms with Gasteiger partial charge in [-0.15, -0.1) is 0 Å². The van der Waals surface area contributed by atoms with Gasteiger partial charge in [0.2, 0.25) is 0 Å². The number of carbonyl (C=O) groups excluding carboxylic acids is 1. The van der Waals surface area contributed by atoms with Crippen LogP contribution in [0.15, 0.2) is 48.5 Å². The van der Waals surface area contributed by atoms with Crippen LogP contribution in [0.5, 0.6) is 0 Å². The van der Waals surface area contributed by atoms with Crippen LogP contribution in [0.3, 0.4) is 0 Å². The summed E-state index contributed by atoms with van der Waals surface area (Å²) < 4.78 is 0. The van der Waals surface area contributed by atoms with Crippen molar-refractivity contribution in [3.05, 3.63) is 70.8 Å². The van der Waals surface area contributed by atoms with Gasteiger partial charge in [0.15, 0.2) is 0 Å². The summed E-state index contributed by atoms with van der Waals surface area (Å²) in [5.74, 6) is 0.802. The first kappa shape index (κ1) is 22.2. The smallest absolute Gasteiger partial charge is 0.315 e. The Balaban J connectivity index is 0.950. The Morgan fingerprint density at radius 2 is 1.56 bits per heavy atom. The molecule has 2 aliphatic heterocycles. The molecule has 3 unspecified atom stereocenters. The fraction of sp³-hybridized carbons (Fsp3) is 0.567. The summed E-state index contributed by atoms with van der Waals surface area (Å²) in [7, 11) is 0. The lowest BCUT2D eigenvalue weighted by Crippen LogP contribution is -2.55. The molecule has 2 aliphatic carbocycles. The Labute approximate surface area is 204 Å². The SMILES string of the molecule is CC1(NC(=O)NC2CCC(CCN3C4CCC3c3ccccc34)CC2)CCc2ccccc2C1. The van der Waals surface area contributed by atoms with E-state index in [1.807, 2.05) is 0 Å². The predicted molar refractivity (Wildman–Crippen MR) is 137 cm³/mol. The number of urea groups is 1. The molecule has 0 spiro atoms. The van der Waals surface area contributed by atoms with Crippen LogP contribution in [0.1, 0.15) is 92.6 Å². The van der Waals surface area contributed by atoms with Gasteiger partial charge in [0, 0.05) is 23.7 Å². The van der Waals surface area contributed by atoms with Crippen molar-refractivity contribution in [2.75, 3.05) is 6.54 Å². The predicted octanol–water partition coefficient (Wildman–Crippen LogP) is 6.07. The van der Waals surface area contributed by atoms with Crippen molar-refractivity contribution in [3.63, 3.8) is 0 Å². The zero-order valence-electron chi connectivity index (χ0n) is 20.6. The van der Waals surface area contributed by atoms with Crippen LogP contribution in [-0.2, 0) is 12.8 Å². The molecule has 34 heavy (non-hydrogen) atoms. The number of amides is 2. The number of fused-ring (bicyclic) bond motifs is 6. The highest BCUT2D eigenvalue weighted by molar-refractivity contribution is 5.75. The lowest BCUT2D eigenvalue weighted by Gasteiger charge is -2.37. The molecule has 2 aromatic rings. The van der Waals surface area contributed by atoms with E-state index >= 15 is 0 Å². The molecule has 2 amide bonds. The fourth-order valence-electron chi connectivity index (χ4n) is 7.38. The molecule has 1 saturated carbocycles. The minimum absolute atomic E-state index is 0.0248. The number of benzene rings is 2. The van der Waals surface area contributed by atoms with E-state index in [-0.39, 0.29) is 11.6 Å². The minimum Gasteiger partial charge on any atom is -0.335 e. The first-order valence-electron chi connectivity index (χ1n) is 13.6. The largest absolute Gasteiger partial charge is 0.335 e. The van der Waals surface area contributed by atoms with Crippen LogP contribution in [0, 0.1) is 5.92 Å². The maximum atomic E-state index is 12.8. The summed E-state index contributed by atoms with van der Waals surface area (Å²) >= 11 is 0. The Bertz CT molecular complexity index is 1010. The van der Waals surface area contributed by atoms with Crippen molar-refractivity contribution in [2.45, 2.75) is 94.8 Å². The third-order valence-corrected chi connectivity index (χ3v) is 9.27. The van der Waals surface area contributed by atoms with Gasteiger partial charge in [-0.25, -0.2) is 4.79 Å². The van der Waals surface area contributed by atoms with Crippen molar-refractivity contribution in [2.24, 2.45) is 5.92 Å². The summed E-state index contributed by atoms with van der Waals surface area (Å²) in [5, 5.41) is 6.63. The molecule has 0 radical (unpaired) electrons. The monoisotopic (exact) mass is 457 g/mol. The first-order chi connectivity index (χ1) is 16.6. The summed E-state index contributed by atoms with van der Waals surface area (Å²) in [6, 6.07) is 19.4. The van der Waals surface area contributed by atoms with E-state index in [1.54, 1.807) is 11.1 Å². The average molecular weight is 458 g/mol. The van der Waals surface area contributed by atoms with Crippen molar-refractivity contribution >= 4 is 6.03 Å². The molecule has 4 nitrogen and oxygen atoms in total. The molecule has 2 heterocycles. The maximum Gasteiger partial charge on any atom is 0.315 e. The number of nitrogens with one attached hydrogen (secondary N) is 2. The lowest BCUT2D eigenvalue weighted by molar-refractivity contribution is 0.183. The average Bonchev–Trinajstić information content (AvgIpc) is 3.39. The molecule has 6 rings (SSSR count). The highest BCUT2D eigenvalue weighted by Crippen LogP contribution is 2.53. The topological polar surface area (TPSA) is 44.4 Å². The second-order valence-electron chi connectivity index (χ2n) is 11.6. The third kappa shape index (κ3) is 4.26. The molecule has 4 aliphatic rings. The zero-order chi connectivity index (χ0) is 23.1. The molecule has 4 heteroatoms.